The predicted molar refractivity (Wildman–Crippen MR) is 85.7 cm³/mol. The molecule has 6 nitrogen and oxygen atoms in total. The van der Waals surface area contributed by atoms with Crippen molar-refractivity contribution in [2.45, 2.75) is 32.5 Å². The number of nitrogens with one attached hydrogen (secondary N) is 1. The van der Waals surface area contributed by atoms with E-state index in [1.54, 1.807) is 18.4 Å². The van der Waals surface area contributed by atoms with Gasteiger partial charge in [0.15, 0.2) is 15.0 Å². The fourth-order valence-corrected chi connectivity index (χ4v) is 5.22. The van der Waals surface area contributed by atoms with E-state index in [1.165, 1.54) is 0 Å². The lowest BCUT2D eigenvalue weighted by Gasteiger charge is -2.22. The first kappa shape index (κ1) is 16.7. The molecule has 1 N–H and O–H groups in total. The molecule has 21 heavy (non-hydrogen) atoms. The second-order valence-corrected chi connectivity index (χ2v) is 8.54. The Morgan fingerprint density at radius 1 is 1.52 bits per heavy atom. The first-order valence-corrected chi connectivity index (χ1v) is 9.72. The molecular weight excluding hydrogens is 310 g/mol. The fraction of sp³-hybridized carbons (Fsp3) is 0.769. The number of hydrogen-bond acceptors (Lipinski definition) is 7. The molecule has 2 heterocycles. The largest absolute Gasteiger partial charge is 0.378 e. The molecule has 0 aromatic carbocycles. The lowest BCUT2D eigenvalue weighted by molar-refractivity contribution is 0.181. The average Bonchev–Trinajstić information content (AvgIpc) is 3.00. The van der Waals surface area contributed by atoms with Crippen molar-refractivity contribution in [3.8, 4) is 0 Å². The minimum atomic E-state index is -2.88. The number of methoxy groups -OCH3 is 1. The summed E-state index contributed by atoms with van der Waals surface area (Å²) in [6, 6.07) is 0.0310. The third-order valence-electron chi connectivity index (χ3n) is 3.64. The van der Waals surface area contributed by atoms with Gasteiger partial charge >= 0.3 is 0 Å². The van der Waals surface area contributed by atoms with Crippen LogP contribution < -0.4 is 10.2 Å². The first-order chi connectivity index (χ1) is 9.96. The molecule has 0 spiro atoms. The van der Waals surface area contributed by atoms with Crippen molar-refractivity contribution >= 4 is 26.3 Å². The number of anilines is 1. The van der Waals surface area contributed by atoms with E-state index in [9.17, 15) is 8.42 Å². The minimum Gasteiger partial charge on any atom is -0.378 e. The summed E-state index contributed by atoms with van der Waals surface area (Å²) in [6.45, 7) is 4.21. The molecule has 1 aromatic rings. The van der Waals surface area contributed by atoms with Crippen LogP contribution in [-0.2, 0) is 27.7 Å². The summed E-state index contributed by atoms with van der Waals surface area (Å²) in [5, 5.41) is 4.17. The molecule has 1 unspecified atom stereocenters. The van der Waals surface area contributed by atoms with E-state index in [2.05, 4.69) is 17.2 Å². The van der Waals surface area contributed by atoms with Crippen LogP contribution in [0.15, 0.2) is 0 Å². The monoisotopic (exact) mass is 333 g/mol. The van der Waals surface area contributed by atoms with Crippen LogP contribution in [0, 0.1) is 0 Å². The van der Waals surface area contributed by atoms with Gasteiger partial charge in [0, 0.05) is 31.6 Å². The molecule has 1 aromatic heterocycles. The number of nitrogens with zero attached hydrogens (tertiary/aromatic N) is 2. The van der Waals surface area contributed by atoms with Gasteiger partial charge in [-0.3, -0.25) is 0 Å². The summed E-state index contributed by atoms with van der Waals surface area (Å²) in [5.74, 6) is 0.508. The minimum absolute atomic E-state index is 0.0310. The Kier molecular flexibility index (Phi) is 5.59. The number of sulfone groups is 1. The highest BCUT2D eigenvalue weighted by Crippen LogP contribution is 2.30. The number of aromatic nitrogens is 1. The van der Waals surface area contributed by atoms with Crippen LogP contribution in [0.25, 0.3) is 0 Å². The standard InChI is InChI=1S/C13H23N3O3S2/c1-4-14-7-12-11(8-19-3)15-13(20-12)16(2)10-5-6-21(17,18)9-10/h10,14H,4-9H2,1-3H3. The van der Waals surface area contributed by atoms with Gasteiger partial charge < -0.3 is 15.0 Å². The second kappa shape index (κ2) is 7.04. The van der Waals surface area contributed by atoms with E-state index in [0.29, 0.717) is 13.0 Å². The molecule has 1 atom stereocenters. The average molecular weight is 333 g/mol. The van der Waals surface area contributed by atoms with Crippen LogP contribution in [0.3, 0.4) is 0 Å². The predicted octanol–water partition coefficient (Wildman–Crippen LogP) is 1.02. The molecule has 1 aliphatic rings. The molecule has 120 valence electrons. The smallest absolute Gasteiger partial charge is 0.185 e. The van der Waals surface area contributed by atoms with Crippen molar-refractivity contribution in [3.63, 3.8) is 0 Å². The van der Waals surface area contributed by atoms with Crippen LogP contribution in [0.5, 0.6) is 0 Å². The van der Waals surface area contributed by atoms with Gasteiger partial charge in [-0.15, -0.1) is 11.3 Å². The first-order valence-electron chi connectivity index (χ1n) is 7.08. The molecule has 0 saturated carbocycles. The summed E-state index contributed by atoms with van der Waals surface area (Å²) >= 11 is 1.61. The van der Waals surface area contributed by atoms with E-state index in [1.807, 2.05) is 11.9 Å². The third kappa shape index (κ3) is 4.15. The molecule has 2 rings (SSSR count). The van der Waals surface area contributed by atoms with Crippen LogP contribution in [0.4, 0.5) is 5.13 Å². The number of hydrogen-bond donors (Lipinski definition) is 1. The zero-order valence-corrected chi connectivity index (χ0v) is 14.4. The van der Waals surface area contributed by atoms with E-state index >= 15 is 0 Å². The fourth-order valence-electron chi connectivity index (χ4n) is 2.38. The Morgan fingerprint density at radius 3 is 2.86 bits per heavy atom. The maximum absolute atomic E-state index is 11.6. The number of rotatable bonds is 7. The van der Waals surface area contributed by atoms with Crippen LogP contribution in [0.1, 0.15) is 23.9 Å². The van der Waals surface area contributed by atoms with Crippen LogP contribution in [-0.4, -0.2) is 51.7 Å². The summed E-state index contributed by atoms with van der Waals surface area (Å²) in [4.78, 5) is 7.79. The Labute approximate surface area is 130 Å². The van der Waals surface area contributed by atoms with E-state index in [0.717, 1.165) is 28.8 Å². The molecule has 1 saturated heterocycles. The molecule has 0 bridgehead atoms. The summed E-state index contributed by atoms with van der Waals surface area (Å²) < 4.78 is 28.4. The topological polar surface area (TPSA) is 71.5 Å². The van der Waals surface area contributed by atoms with E-state index in [4.69, 9.17) is 4.74 Å². The molecule has 8 heteroatoms. The van der Waals surface area contributed by atoms with Crippen LogP contribution in [0.2, 0.25) is 0 Å². The Balaban J connectivity index is 2.15. The summed E-state index contributed by atoms with van der Waals surface area (Å²) in [7, 11) is 0.707. The molecule has 0 amide bonds. The molecular formula is C13H23N3O3S2. The summed E-state index contributed by atoms with van der Waals surface area (Å²) in [6.07, 6.45) is 0.681. The maximum Gasteiger partial charge on any atom is 0.185 e. The van der Waals surface area contributed by atoms with Crippen molar-refractivity contribution in [1.82, 2.24) is 10.3 Å². The van der Waals surface area contributed by atoms with Crippen molar-refractivity contribution in [3.05, 3.63) is 10.6 Å². The van der Waals surface area contributed by atoms with Gasteiger partial charge in [0.2, 0.25) is 0 Å². The number of thiazole rings is 1. The lowest BCUT2D eigenvalue weighted by atomic mass is 10.2. The quantitative estimate of drug-likeness (QED) is 0.803. The Morgan fingerprint density at radius 2 is 2.29 bits per heavy atom. The SMILES string of the molecule is CCNCc1sc(N(C)C2CCS(=O)(=O)C2)nc1COC. The Hall–Kier alpha value is -0.700. The molecule has 0 radical (unpaired) electrons. The van der Waals surface area contributed by atoms with Crippen molar-refractivity contribution < 1.29 is 13.2 Å². The van der Waals surface area contributed by atoms with E-state index in [-0.39, 0.29) is 17.5 Å². The third-order valence-corrected chi connectivity index (χ3v) is 6.58. The molecule has 1 fully saturated rings. The number of ether oxygens (including phenoxy) is 1. The maximum atomic E-state index is 11.6. The summed E-state index contributed by atoms with van der Waals surface area (Å²) in [5.41, 5.74) is 0.936. The van der Waals surface area contributed by atoms with Gasteiger partial charge in [-0.05, 0) is 13.0 Å². The zero-order chi connectivity index (χ0) is 15.5. The van der Waals surface area contributed by atoms with Gasteiger partial charge in [-0.25, -0.2) is 13.4 Å². The molecule has 1 aliphatic heterocycles. The van der Waals surface area contributed by atoms with Crippen molar-refractivity contribution in [2.24, 2.45) is 0 Å². The van der Waals surface area contributed by atoms with Gasteiger partial charge in [0.25, 0.3) is 0 Å². The molecule has 0 aliphatic carbocycles. The normalized spacial score (nSPS) is 20.8. The van der Waals surface area contributed by atoms with Gasteiger partial charge in [0.1, 0.15) is 0 Å². The van der Waals surface area contributed by atoms with Crippen LogP contribution >= 0.6 is 11.3 Å². The zero-order valence-electron chi connectivity index (χ0n) is 12.8. The highest BCUT2D eigenvalue weighted by atomic mass is 32.2. The van der Waals surface area contributed by atoms with Gasteiger partial charge in [0.05, 0.1) is 23.8 Å². The van der Waals surface area contributed by atoms with Crippen molar-refractivity contribution in [2.75, 3.05) is 37.1 Å². The Bertz CT molecular complexity index is 571. The van der Waals surface area contributed by atoms with Gasteiger partial charge in [-0.1, -0.05) is 6.92 Å². The van der Waals surface area contributed by atoms with Crippen molar-refractivity contribution in [1.29, 1.82) is 0 Å². The van der Waals surface area contributed by atoms with E-state index < -0.39 is 9.84 Å². The van der Waals surface area contributed by atoms with Gasteiger partial charge in [-0.2, -0.15) is 0 Å². The second-order valence-electron chi connectivity index (χ2n) is 5.25. The highest BCUT2D eigenvalue weighted by Gasteiger charge is 2.32. The lowest BCUT2D eigenvalue weighted by Crippen LogP contribution is -2.32. The highest BCUT2D eigenvalue weighted by molar-refractivity contribution is 7.91.